The maximum Gasteiger partial charge on any atom is 0.305 e. The Balaban J connectivity index is 2.26. The van der Waals surface area contributed by atoms with Gasteiger partial charge >= 0.3 is 11.9 Å². The van der Waals surface area contributed by atoms with Gasteiger partial charge in [-0.3, -0.25) is 9.59 Å². The fraction of sp³-hybridized carbons (Fsp3) is 0.300. The van der Waals surface area contributed by atoms with E-state index < -0.39 is 0 Å². The largest absolute Gasteiger partial charge is 0.461 e. The standard InChI is InChI=1S/C20H22O4/c1-3-19(21)23-13-15-10-11-17(14-24-20(22)4-2)18(12-15)16-8-6-5-7-9-16/h5-12H,3-4,13-14H2,1-2H3. The average Bonchev–Trinajstić information content (AvgIpc) is 2.65. The van der Waals surface area contributed by atoms with Gasteiger partial charge in [-0.1, -0.05) is 56.3 Å². The second kappa shape index (κ2) is 8.87. The van der Waals surface area contributed by atoms with Crippen LogP contribution in [0.2, 0.25) is 0 Å². The first-order valence-corrected chi connectivity index (χ1v) is 8.12. The molecule has 2 aromatic carbocycles. The Morgan fingerprint density at radius 2 is 1.46 bits per heavy atom. The van der Waals surface area contributed by atoms with Gasteiger partial charge in [0.05, 0.1) is 0 Å². The monoisotopic (exact) mass is 326 g/mol. The summed E-state index contributed by atoms with van der Waals surface area (Å²) in [5, 5.41) is 0. The van der Waals surface area contributed by atoms with Crippen LogP contribution in [0, 0.1) is 0 Å². The molecule has 2 rings (SSSR count). The third-order valence-electron chi connectivity index (χ3n) is 3.62. The third kappa shape index (κ3) is 4.95. The van der Waals surface area contributed by atoms with Crippen LogP contribution in [0.1, 0.15) is 37.8 Å². The number of hydrogen-bond donors (Lipinski definition) is 0. The Hall–Kier alpha value is -2.62. The fourth-order valence-electron chi connectivity index (χ4n) is 2.25. The molecule has 0 N–H and O–H groups in total. The summed E-state index contributed by atoms with van der Waals surface area (Å²) in [6.07, 6.45) is 0.711. The van der Waals surface area contributed by atoms with Crippen LogP contribution < -0.4 is 0 Å². The van der Waals surface area contributed by atoms with Crippen molar-refractivity contribution in [3.05, 3.63) is 59.7 Å². The lowest BCUT2D eigenvalue weighted by atomic mass is 9.98. The van der Waals surface area contributed by atoms with Gasteiger partial charge in [0.2, 0.25) is 0 Å². The zero-order valence-electron chi connectivity index (χ0n) is 14.1. The summed E-state index contributed by atoms with van der Waals surface area (Å²) < 4.78 is 10.5. The molecule has 0 fully saturated rings. The van der Waals surface area contributed by atoms with E-state index in [0.717, 1.165) is 22.3 Å². The van der Waals surface area contributed by atoms with Gasteiger partial charge in [-0.25, -0.2) is 0 Å². The molecular weight excluding hydrogens is 304 g/mol. The molecule has 0 heterocycles. The van der Waals surface area contributed by atoms with Crippen molar-refractivity contribution in [1.82, 2.24) is 0 Å². The van der Waals surface area contributed by atoms with Gasteiger partial charge < -0.3 is 9.47 Å². The van der Waals surface area contributed by atoms with Crippen LogP contribution in [0.3, 0.4) is 0 Å². The summed E-state index contributed by atoms with van der Waals surface area (Å²) >= 11 is 0. The van der Waals surface area contributed by atoms with Crippen molar-refractivity contribution < 1.29 is 19.1 Å². The summed E-state index contributed by atoms with van der Waals surface area (Å²) in [6.45, 7) is 4.00. The molecular formula is C20H22O4. The van der Waals surface area contributed by atoms with Gasteiger partial charge in [-0.15, -0.1) is 0 Å². The van der Waals surface area contributed by atoms with Crippen molar-refractivity contribution in [3.8, 4) is 11.1 Å². The fourth-order valence-corrected chi connectivity index (χ4v) is 2.25. The molecule has 0 amide bonds. The first-order valence-electron chi connectivity index (χ1n) is 8.12. The van der Waals surface area contributed by atoms with Crippen LogP contribution in [0.5, 0.6) is 0 Å². The minimum Gasteiger partial charge on any atom is -0.461 e. The van der Waals surface area contributed by atoms with Gasteiger partial charge in [-0.05, 0) is 28.3 Å². The second-order valence-electron chi connectivity index (χ2n) is 5.39. The molecule has 0 saturated carbocycles. The van der Waals surface area contributed by atoms with Crippen molar-refractivity contribution in [2.45, 2.75) is 39.9 Å². The average molecular weight is 326 g/mol. The topological polar surface area (TPSA) is 52.6 Å². The Labute approximate surface area is 142 Å². The van der Waals surface area contributed by atoms with E-state index in [1.165, 1.54) is 0 Å². The summed E-state index contributed by atoms with van der Waals surface area (Å²) in [6, 6.07) is 15.7. The zero-order chi connectivity index (χ0) is 17.4. The van der Waals surface area contributed by atoms with Crippen molar-refractivity contribution in [3.63, 3.8) is 0 Å². The molecule has 126 valence electrons. The molecule has 4 heteroatoms. The molecule has 0 bridgehead atoms. The summed E-state index contributed by atoms with van der Waals surface area (Å²) in [5.41, 5.74) is 3.84. The van der Waals surface area contributed by atoms with Crippen molar-refractivity contribution >= 4 is 11.9 Å². The lowest BCUT2D eigenvalue weighted by Crippen LogP contribution is -2.05. The van der Waals surface area contributed by atoms with E-state index in [4.69, 9.17) is 9.47 Å². The van der Waals surface area contributed by atoms with Gasteiger partial charge in [0, 0.05) is 12.8 Å². The second-order valence-corrected chi connectivity index (χ2v) is 5.39. The number of benzene rings is 2. The van der Waals surface area contributed by atoms with Gasteiger partial charge in [-0.2, -0.15) is 0 Å². The van der Waals surface area contributed by atoms with Crippen LogP contribution >= 0.6 is 0 Å². The predicted molar refractivity (Wildman–Crippen MR) is 92.1 cm³/mol. The van der Waals surface area contributed by atoms with E-state index in [0.29, 0.717) is 12.8 Å². The molecule has 4 nitrogen and oxygen atoms in total. The minimum absolute atomic E-state index is 0.225. The van der Waals surface area contributed by atoms with E-state index in [2.05, 4.69) is 0 Å². The third-order valence-corrected chi connectivity index (χ3v) is 3.62. The van der Waals surface area contributed by atoms with Crippen LogP contribution in [-0.4, -0.2) is 11.9 Å². The molecule has 0 aliphatic carbocycles. The highest BCUT2D eigenvalue weighted by Gasteiger charge is 2.10. The summed E-state index contributed by atoms with van der Waals surface area (Å²) in [4.78, 5) is 22.8. The Morgan fingerprint density at radius 3 is 2.08 bits per heavy atom. The van der Waals surface area contributed by atoms with E-state index >= 15 is 0 Å². The van der Waals surface area contributed by atoms with Gasteiger partial charge in [0.25, 0.3) is 0 Å². The van der Waals surface area contributed by atoms with Crippen LogP contribution in [0.4, 0.5) is 0 Å². The number of rotatable bonds is 7. The molecule has 0 spiro atoms. The normalized spacial score (nSPS) is 10.2. The number of hydrogen-bond acceptors (Lipinski definition) is 4. The Morgan fingerprint density at radius 1 is 0.833 bits per heavy atom. The molecule has 0 radical (unpaired) electrons. The zero-order valence-corrected chi connectivity index (χ0v) is 14.1. The molecule has 24 heavy (non-hydrogen) atoms. The maximum atomic E-state index is 11.4. The summed E-state index contributed by atoms with van der Waals surface area (Å²) in [7, 11) is 0. The highest BCUT2D eigenvalue weighted by molar-refractivity contribution is 5.71. The van der Waals surface area contributed by atoms with Crippen molar-refractivity contribution in [2.75, 3.05) is 0 Å². The number of carbonyl (C=O) groups excluding carboxylic acids is 2. The SMILES string of the molecule is CCC(=O)OCc1ccc(COC(=O)CC)c(-c2ccccc2)c1. The maximum absolute atomic E-state index is 11.4. The molecule has 0 atom stereocenters. The highest BCUT2D eigenvalue weighted by Crippen LogP contribution is 2.26. The molecule has 0 aromatic heterocycles. The highest BCUT2D eigenvalue weighted by atomic mass is 16.5. The minimum atomic E-state index is -0.227. The lowest BCUT2D eigenvalue weighted by Gasteiger charge is -2.13. The first kappa shape index (κ1) is 17.7. The van der Waals surface area contributed by atoms with Crippen LogP contribution in [-0.2, 0) is 32.3 Å². The Bertz CT molecular complexity index is 692. The smallest absolute Gasteiger partial charge is 0.305 e. The van der Waals surface area contributed by atoms with Gasteiger partial charge in [0.15, 0.2) is 0 Å². The predicted octanol–water partition coefficient (Wildman–Crippen LogP) is 4.26. The quantitative estimate of drug-likeness (QED) is 0.713. The molecule has 0 unspecified atom stereocenters. The van der Waals surface area contributed by atoms with Crippen molar-refractivity contribution in [2.24, 2.45) is 0 Å². The number of carbonyl (C=O) groups is 2. The van der Waals surface area contributed by atoms with E-state index in [1.807, 2.05) is 48.5 Å². The van der Waals surface area contributed by atoms with Gasteiger partial charge in [0.1, 0.15) is 13.2 Å². The van der Waals surface area contributed by atoms with E-state index in [1.54, 1.807) is 13.8 Å². The van der Waals surface area contributed by atoms with Crippen LogP contribution in [0.15, 0.2) is 48.5 Å². The number of ether oxygens (including phenoxy) is 2. The molecule has 0 aliphatic rings. The van der Waals surface area contributed by atoms with E-state index in [-0.39, 0.29) is 25.2 Å². The van der Waals surface area contributed by atoms with E-state index in [9.17, 15) is 9.59 Å². The van der Waals surface area contributed by atoms with Crippen molar-refractivity contribution in [1.29, 1.82) is 0 Å². The molecule has 0 saturated heterocycles. The lowest BCUT2D eigenvalue weighted by molar-refractivity contribution is -0.145. The molecule has 0 aliphatic heterocycles. The number of esters is 2. The first-order chi connectivity index (χ1) is 11.6. The van der Waals surface area contributed by atoms with Crippen LogP contribution in [0.25, 0.3) is 11.1 Å². The Kier molecular flexibility index (Phi) is 6.55. The molecule has 2 aromatic rings. The summed E-state index contributed by atoms with van der Waals surface area (Å²) in [5.74, 6) is -0.452.